The summed E-state index contributed by atoms with van der Waals surface area (Å²) in [6, 6.07) is 7.98. The summed E-state index contributed by atoms with van der Waals surface area (Å²) in [5.74, 6) is -6.39. The molecule has 1 fully saturated rings. The first-order chi connectivity index (χ1) is 12.2. The molecule has 0 spiro atoms. The number of carbonyl (C=O) groups excluding carboxylic acids is 1. The minimum absolute atomic E-state index is 0.0535. The molecular formula is C17H13F3N2O4. The van der Waals surface area contributed by atoms with Crippen molar-refractivity contribution in [1.29, 1.82) is 0 Å². The van der Waals surface area contributed by atoms with Crippen LogP contribution in [0.1, 0.15) is 23.2 Å². The highest BCUT2D eigenvalue weighted by atomic mass is 19.3. The number of halogens is 3. The van der Waals surface area contributed by atoms with E-state index in [0.29, 0.717) is 0 Å². The maximum absolute atomic E-state index is 13.6. The average molecular weight is 366 g/mol. The second kappa shape index (κ2) is 6.32. The molecule has 1 saturated carbocycles. The van der Waals surface area contributed by atoms with Crippen LogP contribution in [0.15, 0.2) is 42.6 Å². The zero-order chi connectivity index (χ0) is 18.9. The van der Waals surface area contributed by atoms with Gasteiger partial charge in [0.05, 0.1) is 0 Å². The molecule has 0 radical (unpaired) electrons. The van der Waals surface area contributed by atoms with Crippen molar-refractivity contribution < 1.29 is 32.6 Å². The summed E-state index contributed by atoms with van der Waals surface area (Å²) >= 11 is 0. The van der Waals surface area contributed by atoms with Crippen molar-refractivity contribution in [3.05, 3.63) is 54.0 Å². The largest absolute Gasteiger partial charge is 0.479 e. The van der Waals surface area contributed by atoms with E-state index >= 15 is 0 Å². The zero-order valence-corrected chi connectivity index (χ0v) is 13.2. The SMILES string of the molecule is O=C(NC1(C(=O)O)CC(F)(F)C1)c1ccnc(Oc2ccccc2F)c1. The smallest absolute Gasteiger partial charge is 0.329 e. The van der Waals surface area contributed by atoms with Gasteiger partial charge < -0.3 is 15.2 Å². The second-order valence-electron chi connectivity index (χ2n) is 5.97. The molecular weight excluding hydrogens is 353 g/mol. The highest BCUT2D eigenvalue weighted by Gasteiger charge is 2.62. The van der Waals surface area contributed by atoms with Gasteiger partial charge in [0.15, 0.2) is 11.6 Å². The molecule has 136 valence electrons. The molecule has 1 amide bonds. The third-order valence-corrected chi connectivity index (χ3v) is 3.93. The van der Waals surface area contributed by atoms with Crippen LogP contribution >= 0.6 is 0 Å². The van der Waals surface area contributed by atoms with E-state index in [1.54, 1.807) is 6.07 Å². The molecule has 0 unspecified atom stereocenters. The number of ether oxygens (including phenoxy) is 1. The van der Waals surface area contributed by atoms with E-state index in [-0.39, 0.29) is 17.2 Å². The summed E-state index contributed by atoms with van der Waals surface area (Å²) < 4.78 is 45.1. The van der Waals surface area contributed by atoms with E-state index in [2.05, 4.69) is 10.3 Å². The summed E-state index contributed by atoms with van der Waals surface area (Å²) in [5.41, 5.74) is -2.07. The van der Waals surface area contributed by atoms with Gasteiger partial charge in [-0.3, -0.25) is 4.79 Å². The predicted octanol–water partition coefficient (Wildman–Crippen LogP) is 3.00. The summed E-state index contributed by atoms with van der Waals surface area (Å²) in [6.45, 7) is 0. The monoisotopic (exact) mass is 366 g/mol. The van der Waals surface area contributed by atoms with Crippen LogP contribution < -0.4 is 10.1 Å². The first-order valence-electron chi connectivity index (χ1n) is 7.53. The number of hydrogen-bond donors (Lipinski definition) is 2. The number of carboxylic acid groups (broad SMARTS) is 1. The molecule has 0 saturated heterocycles. The highest BCUT2D eigenvalue weighted by molar-refractivity contribution is 5.98. The molecule has 2 N–H and O–H groups in total. The number of carbonyl (C=O) groups is 2. The van der Waals surface area contributed by atoms with Crippen molar-refractivity contribution in [2.75, 3.05) is 0 Å². The van der Waals surface area contributed by atoms with Crippen molar-refractivity contribution in [2.45, 2.75) is 24.3 Å². The highest BCUT2D eigenvalue weighted by Crippen LogP contribution is 2.45. The normalized spacial score (nSPS) is 17.0. The molecule has 1 heterocycles. The van der Waals surface area contributed by atoms with Crippen molar-refractivity contribution in [2.24, 2.45) is 0 Å². The van der Waals surface area contributed by atoms with E-state index in [9.17, 15) is 22.8 Å². The number of benzene rings is 1. The molecule has 2 aromatic rings. The number of rotatable bonds is 5. The Morgan fingerprint density at radius 1 is 1.19 bits per heavy atom. The first kappa shape index (κ1) is 17.7. The van der Waals surface area contributed by atoms with E-state index in [1.807, 2.05) is 0 Å². The number of pyridine rings is 1. The van der Waals surface area contributed by atoms with Gasteiger partial charge in [0.1, 0.15) is 5.54 Å². The number of nitrogens with one attached hydrogen (secondary N) is 1. The number of para-hydroxylation sites is 1. The molecule has 1 aromatic heterocycles. The summed E-state index contributed by atoms with van der Waals surface area (Å²) in [7, 11) is 0. The lowest BCUT2D eigenvalue weighted by molar-refractivity contribution is -0.175. The molecule has 0 bridgehead atoms. The standard InChI is InChI=1S/C17H13F3N2O4/c18-11-3-1-2-4-12(11)26-13-7-10(5-6-21-13)14(23)22-16(15(24)25)8-17(19,20)9-16/h1-7H,8-9H2,(H,22,23)(H,24,25). The average Bonchev–Trinajstić information content (AvgIpc) is 2.55. The van der Waals surface area contributed by atoms with Gasteiger partial charge in [-0.15, -0.1) is 0 Å². The lowest BCUT2D eigenvalue weighted by Gasteiger charge is -2.44. The van der Waals surface area contributed by atoms with Crippen LogP contribution in [0.25, 0.3) is 0 Å². The van der Waals surface area contributed by atoms with Gasteiger partial charge in [0.2, 0.25) is 5.88 Å². The van der Waals surface area contributed by atoms with Crippen LogP contribution in [0.2, 0.25) is 0 Å². The maximum atomic E-state index is 13.6. The van der Waals surface area contributed by atoms with Gasteiger partial charge >= 0.3 is 5.97 Å². The molecule has 1 aromatic carbocycles. The molecule has 3 rings (SSSR count). The number of carboxylic acids is 1. The van der Waals surface area contributed by atoms with Crippen LogP contribution in [0.3, 0.4) is 0 Å². The number of nitrogens with zero attached hydrogens (tertiary/aromatic N) is 1. The van der Waals surface area contributed by atoms with Crippen LogP contribution in [-0.4, -0.2) is 33.4 Å². The Morgan fingerprint density at radius 2 is 1.88 bits per heavy atom. The first-order valence-corrected chi connectivity index (χ1v) is 7.53. The predicted molar refractivity (Wildman–Crippen MR) is 82.7 cm³/mol. The number of hydrogen-bond acceptors (Lipinski definition) is 4. The van der Waals surface area contributed by atoms with Gasteiger partial charge in [-0.25, -0.2) is 22.9 Å². The molecule has 6 nitrogen and oxygen atoms in total. The van der Waals surface area contributed by atoms with E-state index < -0.39 is 42.0 Å². The Bertz CT molecular complexity index is 865. The van der Waals surface area contributed by atoms with Crippen molar-refractivity contribution in [3.63, 3.8) is 0 Å². The minimum Gasteiger partial charge on any atom is -0.479 e. The Hall–Kier alpha value is -3.10. The third-order valence-electron chi connectivity index (χ3n) is 3.93. The maximum Gasteiger partial charge on any atom is 0.329 e. The van der Waals surface area contributed by atoms with Gasteiger partial charge in [-0.1, -0.05) is 12.1 Å². The third kappa shape index (κ3) is 3.46. The number of alkyl halides is 2. The molecule has 0 aliphatic heterocycles. The quantitative estimate of drug-likeness (QED) is 0.849. The van der Waals surface area contributed by atoms with Gasteiger partial charge in [-0.2, -0.15) is 0 Å². The zero-order valence-electron chi connectivity index (χ0n) is 13.2. The Balaban J connectivity index is 1.76. The molecule has 9 heteroatoms. The van der Waals surface area contributed by atoms with Crippen molar-refractivity contribution in [1.82, 2.24) is 10.3 Å². The van der Waals surface area contributed by atoms with E-state index in [0.717, 1.165) is 6.07 Å². The van der Waals surface area contributed by atoms with Gasteiger partial charge in [0, 0.05) is 30.7 Å². The Morgan fingerprint density at radius 3 is 2.50 bits per heavy atom. The summed E-state index contributed by atoms with van der Waals surface area (Å²) in [4.78, 5) is 27.4. The molecule has 1 aliphatic rings. The molecule has 0 atom stereocenters. The lowest BCUT2D eigenvalue weighted by atomic mass is 9.73. The Labute approximate surface area is 145 Å². The number of aromatic nitrogens is 1. The van der Waals surface area contributed by atoms with Gasteiger partial charge in [-0.05, 0) is 18.2 Å². The van der Waals surface area contributed by atoms with Crippen LogP contribution in [-0.2, 0) is 4.79 Å². The van der Waals surface area contributed by atoms with Crippen LogP contribution in [0.5, 0.6) is 11.6 Å². The van der Waals surface area contributed by atoms with Crippen molar-refractivity contribution in [3.8, 4) is 11.6 Å². The second-order valence-corrected chi connectivity index (χ2v) is 5.97. The lowest BCUT2D eigenvalue weighted by Crippen LogP contribution is -2.66. The Kier molecular flexibility index (Phi) is 4.31. The molecule has 1 aliphatic carbocycles. The van der Waals surface area contributed by atoms with Crippen LogP contribution in [0.4, 0.5) is 13.2 Å². The number of aliphatic carboxylic acids is 1. The topological polar surface area (TPSA) is 88.5 Å². The van der Waals surface area contributed by atoms with E-state index in [4.69, 9.17) is 9.84 Å². The van der Waals surface area contributed by atoms with Gasteiger partial charge in [0.25, 0.3) is 11.8 Å². The minimum atomic E-state index is -3.14. The fourth-order valence-electron chi connectivity index (χ4n) is 2.66. The van der Waals surface area contributed by atoms with Crippen molar-refractivity contribution >= 4 is 11.9 Å². The number of amides is 1. The fourth-order valence-corrected chi connectivity index (χ4v) is 2.66. The van der Waals surface area contributed by atoms with Crippen LogP contribution in [0, 0.1) is 5.82 Å². The summed E-state index contributed by atoms with van der Waals surface area (Å²) in [6.07, 6.45) is -0.761. The fraction of sp³-hybridized carbons (Fsp3) is 0.235. The summed E-state index contributed by atoms with van der Waals surface area (Å²) in [5, 5.41) is 11.3. The molecule has 26 heavy (non-hydrogen) atoms. The van der Waals surface area contributed by atoms with E-state index in [1.165, 1.54) is 30.5 Å².